The summed E-state index contributed by atoms with van der Waals surface area (Å²) in [5.41, 5.74) is 0. The summed E-state index contributed by atoms with van der Waals surface area (Å²) in [6.07, 6.45) is 2.87. The number of sulfonamides is 1. The zero-order valence-corrected chi connectivity index (χ0v) is 14.2. The van der Waals surface area contributed by atoms with Gasteiger partial charge >= 0.3 is 0 Å². The third kappa shape index (κ3) is 5.52. The number of nitrogens with one attached hydrogen (secondary N) is 2. The molecule has 0 aliphatic carbocycles. The lowest BCUT2D eigenvalue weighted by molar-refractivity contribution is 0.479. The van der Waals surface area contributed by atoms with Crippen molar-refractivity contribution in [3.05, 3.63) is 17.0 Å². The molecular weight excluding hydrogens is 292 g/mol. The van der Waals surface area contributed by atoms with Crippen molar-refractivity contribution < 1.29 is 8.42 Å². The number of likely N-dealkylation sites (N-methyl/N-ethyl adjacent to an activating group) is 1. The molecule has 0 saturated carbocycles. The van der Waals surface area contributed by atoms with Crippen molar-refractivity contribution in [3.8, 4) is 0 Å². The molecule has 0 aromatic carbocycles. The van der Waals surface area contributed by atoms with E-state index in [2.05, 4.69) is 30.8 Å². The van der Waals surface area contributed by atoms with Crippen LogP contribution in [-0.2, 0) is 16.4 Å². The van der Waals surface area contributed by atoms with Crippen LogP contribution in [0.15, 0.2) is 16.3 Å². The van der Waals surface area contributed by atoms with Crippen molar-refractivity contribution in [1.82, 2.24) is 10.0 Å². The summed E-state index contributed by atoms with van der Waals surface area (Å²) in [6, 6.07) is 3.62. The Labute approximate surface area is 127 Å². The Morgan fingerprint density at radius 3 is 2.50 bits per heavy atom. The maximum absolute atomic E-state index is 12.2. The SMILES string of the molecule is CCNCCc1ccc(S(=O)(=O)NCC(CC)CC)s1. The molecule has 2 N–H and O–H groups in total. The molecule has 4 nitrogen and oxygen atoms in total. The normalized spacial score (nSPS) is 12.2. The summed E-state index contributed by atoms with van der Waals surface area (Å²) in [6.45, 7) is 8.59. The second-order valence-electron chi connectivity index (χ2n) is 4.86. The van der Waals surface area contributed by atoms with E-state index in [1.807, 2.05) is 6.07 Å². The first-order valence-electron chi connectivity index (χ1n) is 7.32. The minimum Gasteiger partial charge on any atom is -0.317 e. The van der Waals surface area contributed by atoms with Crippen molar-refractivity contribution in [2.75, 3.05) is 19.6 Å². The Bertz CT molecular complexity index is 479. The van der Waals surface area contributed by atoms with E-state index in [-0.39, 0.29) is 0 Å². The van der Waals surface area contributed by atoms with Gasteiger partial charge in [0.15, 0.2) is 0 Å². The lowest BCUT2D eigenvalue weighted by Gasteiger charge is -2.12. The Balaban J connectivity index is 2.59. The van der Waals surface area contributed by atoms with E-state index in [9.17, 15) is 8.42 Å². The van der Waals surface area contributed by atoms with Crippen LogP contribution in [0.2, 0.25) is 0 Å². The Hall–Kier alpha value is -0.430. The third-order valence-corrected chi connectivity index (χ3v) is 6.48. The van der Waals surface area contributed by atoms with E-state index in [1.54, 1.807) is 6.07 Å². The highest BCUT2D eigenvalue weighted by molar-refractivity contribution is 7.91. The van der Waals surface area contributed by atoms with Gasteiger partial charge in [-0.1, -0.05) is 33.6 Å². The average Bonchev–Trinajstić information content (AvgIpc) is 2.90. The maximum atomic E-state index is 12.2. The Kier molecular flexibility index (Phi) is 7.72. The Morgan fingerprint density at radius 2 is 1.90 bits per heavy atom. The van der Waals surface area contributed by atoms with Gasteiger partial charge in [-0.2, -0.15) is 0 Å². The van der Waals surface area contributed by atoms with E-state index in [0.717, 1.165) is 37.2 Å². The molecule has 0 spiro atoms. The van der Waals surface area contributed by atoms with Crippen molar-refractivity contribution in [1.29, 1.82) is 0 Å². The summed E-state index contributed by atoms with van der Waals surface area (Å²) in [7, 11) is -3.34. The highest BCUT2D eigenvalue weighted by Crippen LogP contribution is 2.22. The number of hydrogen-bond donors (Lipinski definition) is 2. The molecule has 6 heteroatoms. The molecule has 0 atom stereocenters. The minimum atomic E-state index is -3.34. The van der Waals surface area contributed by atoms with Gasteiger partial charge in [0, 0.05) is 11.4 Å². The first-order valence-corrected chi connectivity index (χ1v) is 9.62. The lowest BCUT2D eigenvalue weighted by atomic mass is 10.0. The van der Waals surface area contributed by atoms with E-state index >= 15 is 0 Å². The fourth-order valence-electron chi connectivity index (χ4n) is 1.90. The molecule has 0 unspecified atom stereocenters. The molecule has 0 aliphatic heterocycles. The molecule has 1 aromatic heterocycles. The average molecular weight is 319 g/mol. The van der Waals surface area contributed by atoms with Gasteiger partial charge < -0.3 is 5.32 Å². The molecule has 0 bridgehead atoms. The van der Waals surface area contributed by atoms with Crippen LogP contribution in [0.4, 0.5) is 0 Å². The number of hydrogen-bond acceptors (Lipinski definition) is 4. The molecule has 0 saturated heterocycles. The van der Waals surface area contributed by atoms with E-state index < -0.39 is 10.0 Å². The molecule has 1 aromatic rings. The van der Waals surface area contributed by atoms with Gasteiger partial charge in [0.05, 0.1) is 0 Å². The molecule has 0 radical (unpaired) electrons. The zero-order chi connectivity index (χ0) is 15.0. The van der Waals surface area contributed by atoms with Crippen LogP contribution in [0.25, 0.3) is 0 Å². The van der Waals surface area contributed by atoms with Gasteiger partial charge in [-0.25, -0.2) is 13.1 Å². The van der Waals surface area contributed by atoms with E-state index in [0.29, 0.717) is 16.7 Å². The van der Waals surface area contributed by atoms with Gasteiger partial charge in [-0.3, -0.25) is 0 Å². The first kappa shape index (κ1) is 17.6. The third-order valence-electron chi connectivity index (χ3n) is 3.42. The molecule has 0 amide bonds. The van der Waals surface area contributed by atoms with E-state index in [1.165, 1.54) is 11.3 Å². The van der Waals surface area contributed by atoms with Crippen molar-refractivity contribution in [3.63, 3.8) is 0 Å². The summed E-state index contributed by atoms with van der Waals surface area (Å²) in [5.74, 6) is 0.415. The zero-order valence-electron chi connectivity index (χ0n) is 12.6. The van der Waals surface area contributed by atoms with Crippen molar-refractivity contribution in [2.24, 2.45) is 5.92 Å². The van der Waals surface area contributed by atoms with Crippen LogP contribution in [0.5, 0.6) is 0 Å². The topological polar surface area (TPSA) is 58.2 Å². The predicted octanol–water partition coefficient (Wildman–Crippen LogP) is 2.61. The molecular formula is C14H26N2O2S2. The van der Waals surface area contributed by atoms with Crippen LogP contribution >= 0.6 is 11.3 Å². The molecule has 0 aliphatic rings. The number of rotatable bonds is 10. The summed E-state index contributed by atoms with van der Waals surface area (Å²) >= 11 is 1.37. The second-order valence-corrected chi connectivity index (χ2v) is 8.02. The summed E-state index contributed by atoms with van der Waals surface area (Å²) < 4.78 is 27.5. The van der Waals surface area contributed by atoms with Crippen molar-refractivity contribution >= 4 is 21.4 Å². The Morgan fingerprint density at radius 1 is 1.20 bits per heavy atom. The second kappa shape index (κ2) is 8.77. The maximum Gasteiger partial charge on any atom is 0.250 e. The molecule has 1 heterocycles. The highest BCUT2D eigenvalue weighted by Gasteiger charge is 2.17. The highest BCUT2D eigenvalue weighted by atomic mass is 32.2. The molecule has 1 rings (SSSR count). The monoisotopic (exact) mass is 318 g/mol. The van der Waals surface area contributed by atoms with E-state index in [4.69, 9.17) is 0 Å². The fraction of sp³-hybridized carbons (Fsp3) is 0.714. The van der Waals surface area contributed by atoms with Crippen LogP contribution in [0.3, 0.4) is 0 Å². The molecule has 0 fully saturated rings. The van der Waals surface area contributed by atoms with Gasteiger partial charge in [0.25, 0.3) is 0 Å². The van der Waals surface area contributed by atoms with Gasteiger partial charge in [-0.15, -0.1) is 11.3 Å². The largest absolute Gasteiger partial charge is 0.317 e. The standard InChI is InChI=1S/C14H26N2O2S2/c1-4-12(5-2)11-16-20(17,18)14-8-7-13(19-14)9-10-15-6-3/h7-8,12,15-16H,4-6,9-11H2,1-3H3. The van der Waals surface area contributed by atoms with Gasteiger partial charge in [-0.05, 0) is 37.6 Å². The fourth-order valence-corrected chi connectivity index (χ4v) is 4.42. The number of thiophene rings is 1. The minimum absolute atomic E-state index is 0.415. The summed E-state index contributed by atoms with van der Waals surface area (Å²) in [5, 5.41) is 3.24. The molecule has 116 valence electrons. The van der Waals surface area contributed by atoms with Crippen LogP contribution in [0.1, 0.15) is 38.5 Å². The lowest BCUT2D eigenvalue weighted by Crippen LogP contribution is -2.28. The van der Waals surface area contributed by atoms with Gasteiger partial charge in [0.2, 0.25) is 10.0 Å². The van der Waals surface area contributed by atoms with Crippen LogP contribution < -0.4 is 10.0 Å². The predicted molar refractivity (Wildman–Crippen MR) is 85.8 cm³/mol. The quantitative estimate of drug-likeness (QED) is 0.652. The smallest absolute Gasteiger partial charge is 0.250 e. The summed E-state index contributed by atoms with van der Waals surface area (Å²) in [4.78, 5) is 1.11. The van der Waals surface area contributed by atoms with Crippen molar-refractivity contribution in [2.45, 2.75) is 44.2 Å². The first-order chi connectivity index (χ1) is 9.53. The van der Waals surface area contributed by atoms with Crippen LogP contribution in [-0.4, -0.2) is 28.1 Å². The van der Waals surface area contributed by atoms with Crippen LogP contribution in [0, 0.1) is 5.92 Å². The van der Waals surface area contributed by atoms with Gasteiger partial charge in [0.1, 0.15) is 4.21 Å². The molecule has 20 heavy (non-hydrogen) atoms.